The summed E-state index contributed by atoms with van der Waals surface area (Å²) in [6.07, 6.45) is -3.94. The summed E-state index contributed by atoms with van der Waals surface area (Å²) < 4.78 is 72.0. The van der Waals surface area contributed by atoms with Crippen LogP contribution >= 0.6 is 11.6 Å². The van der Waals surface area contributed by atoms with Gasteiger partial charge in [-0.3, -0.25) is 13.9 Å². The highest BCUT2D eigenvalue weighted by molar-refractivity contribution is 7.92. The molecule has 0 spiro atoms. The Morgan fingerprint density at radius 1 is 1.00 bits per heavy atom. The predicted octanol–water partition coefficient (Wildman–Crippen LogP) is 4.91. The average Bonchev–Trinajstić information content (AvgIpc) is 2.93. The SMILES string of the molecule is CCNC(=O)[C@@H](Cc1ccccc1)N(Cc1cccc(OC)c1)C(=O)CN(c1cc(C(F)(F)F)ccc1Cl)S(C)(=O)=O. The van der Waals surface area contributed by atoms with Crippen molar-refractivity contribution in [1.82, 2.24) is 10.2 Å². The van der Waals surface area contributed by atoms with E-state index >= 15 is 0 Å². The molecule has 1 atom stereocenters. The number of halogens is 4. The zero-order chi connectivity index (χ0) is 31.1. The van der Waals surface area contributed by atoms with Gasteiger partial charge >= 0.3 is 6.18 Å². The van der Waals surface area contributed by atoms with Gasteiger partial charge < -0.3 is 15.0 Å². The molecule has 42 heavy (non-hydrogen) atoms. The third-order valence-electron chi connectivity index (χ3n) is 6.33. The molecule has 13 heteroatoms. The number of sulfonamides is 1. The summed E-state index contributed by atoms with van der Waals surface area (Å²) in [7, 11) is -2.85. The molecule has 0 aliphatic carbocycles. The molecule has 0 aromatic heterocycles. The normalized spacial score (nSPS) is 12.4. The molecule has 3 aromatic carbocycles. The largest absolute Gasteiger partial charge is 0.497 e. The third kappa shape index (κ3) is 8.62. The van der Waals surface area contributed by atoms with E-state index in [-0.39, 0.29) is 24.5 Å². The summed E-state index contributed by atoms with van der Waals surface area (Å²) in [6, 6.07) is 16.8. The maximum atomic E-state index is 14.0. The Morgan fingerprint density at radius 3 is 2.26 bits per heavy atom. The third-order valence-corrected chi connectivity index (χ3v) is 7.78. The van der Waals surface area contributed by atoms with Gasteiger partial charge in [0.1, 0.15) is 18.3 Å². The van der Waals surface area contributed by atoms with Crippen LogP contribution in [-0.4, -0.2) is 57.6 Å². The second-order valence-electron chi connectivity index (χ2n) is 9.41. The van der Waals surface area contributed by atoms with Gasteiger partial charge in [0.2, 0.25) is 21.8 Å². The van der Waals surface area contributed by atoms with Crippen LogP contribution in [0.25, 0.3) is 0 Å². The second kappa shape index (κ2) is 13.9. The first-order valence-corrected chi connectivity index (χ1v) is 15.1. The molecule has 0 aliphatic heterocycles. The minimum absolute atomic E-state index is 0.0889. The number of ether oxygens (including phenoxy) is 1. The number of alkyl halides is 3. The van der Waals surface area contributed by atoms with Gasteiger partial charge in [0.05, 0.1) is 29.6 Å². The minimum atomic E-state index is -4.79. The van der Waals surface area contributed by atoms with Crippen LogP contribution in [0.15, 0.2) is 72.8 Å². The van der Waals surface area contributed by atoms with Crippen LogP contribution in [0.1, 0.15) is 23.6 Å². The van der Waals surface area contributed by atoms with Crippen molar-refractivity contribution in [3.8, 4) is 5.75 Å². The monoisotopic (exact) mass is 625 g/mol. The topological polar surface area (TPSA) is 96.0 Å². The van der Waals surface area contributed by atoms with Gasteiger partial charge in [-0.1, -0.05) is 54.1 Å². The van der Waals surface area contributed by atoms with E-state index in [2.05, 4.69) is 5.32 Å². The summed E-state index contributed by atoms with van der Waals surface area (Å²) in [5.41, 5.74) is -0.340. The van der Waals surface area contributed by atoms with E-state index in [1.807, 2.05) is 0 Å². The Balaban J connectivity index is 2.11. The van der Waals surface area contributed by atoms with Crippen LogP contribution in [0.3, 0.4) is 0 Å². The van der Waals surface area contributed by atoms with Crippen LogP contribution in [-0.2, 0) is 38.8 Å². The Morgan fingerprint density at radius 2 is 1.67 bits per heavy atom. The molecule has 3 aromatic rings. The number of benzene rings is 3. The van der Waals surface area contributed by atoms with Crippen molar-refractivity contribution < 1.29 is 35.9 Å². The number of rotatable bonds is 12. The molecule has 0 fully saturated rings. The lowest BCUT2D eigenvalue weighted by molar-refractivity contribution is -0.140. The van der Waals surface area contributed by atoms with Crippen molar-refractivity contribution in [1.29, 1.82) is 0 Å². The molecular weight excluding hydrogens is 595 g/mol. The molecule has 0 radical (unpaired) electrons. The fraction of sp³-hybridized carbons (Fsp3) is 0.310. The van der Waals surface area contributed by atoms with Gasteiger partial charge in [0.25, 0.3) is 0 Å². The Bertz CT molecular complexity index is 1500. The van der Waals surface area contributed by atoms with Gasteiger partial charge in [-0.2, -0.15) is 13.2 Å². The molecule has 8 nitrogen and oxygen atoms in total. The zero-order valence-corrected chi connectivity index (χ0v) is 24.8. The number of hydrogen-bond acceptors (Lipinski definition) is 5. The van der Waals surface area contributed by atoms with Crippen molar-refractivity contribution in [2.75, 3.05) is 30.8 Å². The molecular formula is C29H31ClF3N3O5S. The highest BCUT2D eigenvalue weighted by Crippen LogP contribution is 2.36. The van der Waals surface area contributed by atoms with Gasteiger partial charge in [-0.25, -0.2) is 8.42 Å². The number of carbonyl (C=O) groups is 2. The number of nitrogens with zero attached hydrogens (tertiary/aromatic N) is 2. The first-order chi connectivity index (χ1) is 19.7. The van der Waals surface area contributed by atoms with Crippen LogP contribution < -0.4 is 14.4 Å². The molecule has 0 unspecified atom stereocenters. The van der Waals surface area contributed by atoms with Crippen molar-refractivity contribution in [3.05, 3.63) is 94.5 Å². The van der Waals surface area contributed by atoms with E-state index in [1.165, 1.54) is 12.0 Å². The molecule has 0 saturated carbocycles. The van der Waals surface area contributed by atoms with Crippen molar-refractivity contribution in [2.24, 2.45) is 0 Å². The molecule has 0 bridgehead atoms. The maximum absolute atomic E-state index is 14.0. The second-order valence-corrected chi connectivity index (χ2v) is 11.7. The zero-order valence-electron chi connectivity index (χ0n) is 23.2. The number of nitrogens with one attached hydrogen (secondary N) is 1. The van der Waals surface area contributed by atoms with Crippen LogP contribution in [0.4, 0.5) is 18.9 Å². The summed E-state index contributed by atoms with van der Waals surface area (Å²) in [5.74, 6) is -0.824. The Hall–Kier alpha value is -3.77. The van der Waals surface area contributed by atoms with Crippen LogP contribution in [0, 0.1) is 0 Å². The van der Waals surface area contributed by atoms with E-state index < -0.39 is 51.9 Å². The average molecular weight is 626 g/mol. The van der Waals surface area contributed by atoms with E-state index in [0.29, 0.717) is 27.8 Å². The van der Waals surface area contributed by atoms with E-state index in [1.54, 1.807) is 61.5 Å². The number of amides is 2. The highest BCUT2D eigenvalue weighted by atomic mass is 35.5. The Labute approximate surface area is 248 Å². The summed E-state index contributed by atoms with van der Waals surface area (Å²) in [4.78, 5) is 28.6. The Kier molecular flexibility index (Phi) is 10.9. The predicted molar refractivity (Wildman–Crippen MR) is 155 cm³/mol. The first kappa shape index (κ1) is 32.7. The molecule has 2 amide bonds. The van der Waals surface area contributed by atoms with E-state index in [9.17, 15) is 31.2 Å². The van der Waals surface area contributed by atoms with Gasteiger partial charge in [-0.05, 0) is 48.4 Å². The van der Waals surface area contributed by atoms with Gasteiger partial charge in [-0.15, -0.1) is 0 Å². The number of hydrogen-bond donors (Lipinski definition) is 1. The molecule has 0 heterocycles. The fourth-order valence-corrected chi connectivity index (χ4v) is 5.41. The number of anilines is 1. The highest BCUT2D eigenvalue weighted by Gasteiger charge is 2.35. The number of likely N-dealkylation sites (N-methyl/N-ethyl adjacent to an activating group) is 1. The lowest BCUT2D eigenvalue weighted by Gasteiger charge is -2.33. The first-order valence-electron chi connectivity index (χ1n) is 12.8. The molecule has 0 aliphatic rings. The van der Waals surface area contributed by atoms with E-state index in [0.717, 1.165) is 17.9 Å². The fourth-order valence-electron chi connectivity index (χ4n) is 4.29. The van der Waals surface area contributed by atoms with Crippen molar-refractivity contribution in [2.45, 2.75) is 32.1 Å². The summed E-state index contributed by atoms with van der Waals surface area (Å²) in [5, 5.41) is 2.42. The molecule has 3 rings (SSSR count). The summed E-state index contributed by atoms with van der Waals surface area (Å²) >= 11 is 6.16. The lowest BCUT2D eigenvalue weighted by Crippen LogP contribution is -2.53. The van der Waals surface area contributed by atoms with Crippen LogP contribution in [0.2, 0.25) is 5.02 Å². The van der Waals surface area contributed by atoms with Crippen LogP contribution in [0.5, 0.6) is 5.75 Å². The summed E-state index contributed by atoms with van der Waals surface area (Å²) in [6.45, 7) is 0.945. The lowest BCUT2D eigenvalue weighted by atomic mass is 10.0. The molecule has 1 N–H and O–H groups in total. The smallest absolute Gasteiger partial charge is 0.416 e. The van der Waals surface area contributed by atoms with E-state index in [4.69, 9.17) is 16.3 Å². The quantitative estimate of drug-likeness (QED) is 0.309. The van der Waals surface area contributed by atoms with Gasteiger partial charge in [0.15, 0.2) is 0 Å². The number of methoxy groups -OCH3 is 1. The number of carbonyl (C=O) groups excluding carboxylic acids is 2. The molecule has 226 valence electrons. The maximum Gasteiger partial charge on any atom is 0.416 e. The van der Waals surface area contributed by atoms with Crippen molar-refractivity contribution in [3.63, 3.8) is 0 Å². The minimum Gasteiger partial charge on any atom is -0.497 e. The standard InChI is InChI=1S/C29H31ClF3N3O5S/c1-4-34-28(38)26(16-20-9-6-5-7-10-20)35(18-21-11-8-12-23(15-21)41-2)27(37)19-36(42(3,39)40)25-17-22(29(31,32)33)13-14-24(25)30/h5-15,17,26H,4,16,18-19H2,1-3H3,(H,34,38)/t26-/m1/s1. The van der Waals surface area contributed by atoms with Crippen molar-refractivity contribution >= 4 is 39.1 Å². The molecule has 0 saturated heterocycles. The van der Waals surface area contributed by atoms with Gasteiger partial charge in [0, 0.05) is 19.5 Å².